The highest BCUT2D eigenvalue weighted by atomic mass is 16.7. The van der Waals surface area contributed by atoms with Gasteiger partial charge in [-0.3, -0.25) is 4.79 Å². The Morgan fingerprint density at radius 1 is 1.16 bits per heavy atom. The number of rotatable bonds is 6. The predicted molar refractivity (Wildman–Crippen MR) is 73.6 cm³/mol. The van der Waals surface area contributed by atoms with E-state index in [-0.39, 0.29) is 29.5 Å². The van der Waals surface area contributed by atoms with Crippen molar-refractivity contribution in [3.8, 4) is 0 Å². The number of hydrogen-bond donors (Lipinski definition) is 0. The monoisotopic (exact) mass is 272 g/mol. The van der Waals surface area contributed by atoms with Gasteiger partial charge in [-0.1, -0.05) is 13.8 Å². The van der Waals surface area contributed by atoms with Crippen molar-refractivity contribution in [2.45, 2.75) is 60.4 Å². The van der Waals surface area contributed by atoms with Crippen LogP contribution in [0.4, 0.5) is 0 Å². The lowest BCUT2D eigenvalue weighted by Gasteiger charge is -2.20. The van der Waals surface area contributed by atoms with E-state index in [0.29, 0.717) is 13.2 Å². The number of esters is 1. The molecule has 1 fully saturated rings. The first-order chi connectivity index (χ1) is 8.65. The first kappa shape index (κ1) is 16.4. The van der Waals surface area contributed by atoms with Gasteiger partial charge >= 0.3 is 5.97 Å². The smallest absolute Gasteiger partial charge is 0.310 e. The van der Waals surface area contributed by atoms with Gasteiger partial charge in [0.15, 0.2) is 6.29 Å². The van der Waals surface area contributed by atoms with Crippen molar-refractivity contribution in [1.29, 1.82) is 0 Å². The summed E-state index contributed by atoms with van der Waals surface area (Å²) >= 11 is 0. The Hall–Kier alpha value is -0.610. The highest BCUT2D eigenvalue weighted by Gasteiger charge is 2.66. The number of ether oxygens (including phenoxy) is 3. The molecule has 1 aliphatic carbocycles. The van der Waals surface area contributed by atoms with Crippen LogP contribution in [0, 0.1) is 17.3 Å². The summed E-state index contributed by atoms with van der Waals surface area (Å²) in [5.74, 6) is -0.219. The van der Waals surface area contributed by atoms with E-state index >= 15 is 0 Å². The average Bonchev–Trinajstić information content (AvgIpc) is 2.78. The molecular formula is C15H28O4. The van der Waals surface area contributed by atoms with E-state index in [9.17, 15) is 4.79 Å². The van der Waals surface area contributed by atoms with E-state index in [0.717, 1.165) is 0 Å². The van der Waals surface area contributed by atoms with Crippen molar-refractivity contribution < 1.29 is 19.0 Å². The largest absolute Gasteiger partial charge is 0.460 e. The molecule has 0 aromatic heterocycles. The van der Waals surface area contributed by atoms with Crippen molar-refractivity contribution in [3.05, 3.63) is 0 Å². The summed E-state index contributed by atoms with van der Waals surface area (Å²) in [6.07, 6.45) is -0.317. The molecule has 2 atom stereocenters. The van der Waals surface area contributed by atoms with E-state index < -0.39 is 5.60 Å². The minimum atomic E-state index is -0.451. The van der Waals surface area contributed by atoms with Gasteiger partial charge < -0.3 is 14.2 Å². The molecule has 0 aromatic carbocycles. The van der Waals surface area contributed by atoms with Crippen LogP contribution in [0.1, 0.15) is 48.5 Å². The summed E-state index contributed by atoms with van der Waals surface area (Å²) in [6, 6.07) is 0. The third kappa shape index (κ3) is 3.93. The molecule has 0 aliphatic heterocycles. The molecule has 0 N–H and O–H groups in total. The third-order valence-corrected chi connectivity index (χ3v) is 3.53. The van der Waals surface area contributed by atoms with Crippen LogP contribution in [0.5, 0.6) is 0 Å². The van der Waals surface area contributed by atoms with E-state index in [1.165, 1.54) is 0 Å². The summed E-state index contributed by atoms with van der Waals surface area (Å²) < 4.78 is 16.7. The van der Waals surface area contributed by atoms with Crippen LogP contribution in [0.15, 0.2) is 0 Å². The van der Waals surface area contributed by atoms with Gasteiger partial charge in [0.2, 0.25) is 0 Å². The van der Waals surface area contributed by atoms with E-state index in [2.05, 4.69) is 13.8 Å². The van der Waals surface area contributed by atoms with Crippen LogP contribution in [0.25, 0.3) is 0 Å². The quantitative estimate of drug-likeness (QED) is 0.551. The molecule has 0 saturated heterocycles. The Labute approximate surface area is 116 Å². The van der Waals surface area contributed by atoms with Gasteiger partial charge in [0.25, 0.3) is 0 Å². The number of hydrogen-bond acceptors (Lipinski definition) is 4. The van der Waals surface area contributed by atoms with Gasteiger partial charge in [-0.2, -0.15) is 0 Å². The first-order valence-corrected chi connectivity index (χ1v) is 7.11. The Morgan fingerprint density at radius 2 is 1.63 bits per heavy atom. The van der Waals surface area contributed by atoms with Gasteiger partial charge in [-0.05, 0) is 40.0 Å². The lowest BCUT2D eigenvalue weighted by molar-refractivity contribution is -0.167. The van der Waals surface area contributed by atoms with Crippen LogP contribution in [0.2, 0.25) is 0 Å². The fourth-order valence-corrected chi connectivity index (χ4v) is 2.59. The molecule has 0 aromatic rings. The molecule has 1 aliphatic rings. The third-order valence-electron chi connectivity index (χ3n) is 3.53. The van der Waals surface area contributed by atoms with Crippen molar-refractivity contribution >= 4 is 5.97 Å². The molecule has 4 nitrogen and oxygen atoms in total. The number of carbonyl (C=O) groups excluding carboxylic acids is 1. The Balaban J connectivity index is 2.72. The highest BCUT2D eigenvalue weighted by molar-refractivity contribution is 5.78. The lowest BCUT2D eigenvalue weighted by atomic mass is 10.1. The summed E-state index contributed by atoms with van der Waals surface area (Å²) in [7, 11) is 0. The minimum Gasteiger partial charge on any atom is -0.460 e. The molecule has 0 spiro atoms. The van der Waals surface area contributed by atoms with Crippen LogP contribution in [-0.2, 0) is 19.0 Å². The standard InChI is InChI=1S/C15H28O4/c1-8-17-13(18-9-2)11-10(15(11,6)7)12(16)19-14(3,4)5/h10-11,13H,8-9H2,1-7H3. The summed E-state index contributed by atoms with van der Waals surface area (Å²) in [4.78, 5) is 12.2. The summed E-state index contributed by atoms with van der Waals surface area (Å²) in [5.41, 5.74) is -0.579. The van der Waals surface area contributed by atoms with Crippen LogP contribution >= 0.6 is 0 Å². The second-order valence-corrected chi connectivity index (χ2v) is 6.64. The van der Waals surface area contributed by atoms with Crippen LogP contribution < -0.4 is 0 Å². The van der Waals surface area contributed by atoms with Crippen molar-refractivity contribution in [1.82, 2.24) is 0 Å². The Bertz CT molecular complexity index is 311. The maximum absolute atomic E-state index is 12.2. The average molecular weight is 272 g/mol. The molecule has 19 heavy (non-hydrogen) atoms. The minimum absolute atomic E-state index is 0.0715. The fraction of sp³-hybridized carbons (Fsp3) is 0.933. The van der Waals surface area contributed by atoms with Gasteiger partial charge in [-0.15, -0.1) is 0 Å². The molecule has 4 heteroatoms. The molecular weight excluding hydrogens is 244 g/mol. The van der Waals surface area contributed by atoms with Gasteiger partial charge in [-0.25, -0.2) is 0 Å². The molecule has 2 unspecified atom stereocenters. The van der Waals surface area contributed by atoms with Gasteiger partial charge in [0.1, 0.15) is 5.60 Å². The molecule has 1 saturated carbocycles. The number of carbonyl (C=O) groups is 1. The Morgan fingerprint density at radius 3 is 2.00 bits per heavy atom. The molecule has 112 valence electrons. The van der Waals surface area contributed by atoms with Crippen molar-refractivity contribution in [3.63, 3.8) is 0 Å². The predicted octanol–water partition coefficient (Wildman–Crippen LogP) is 3.00. The zero-order valence-electron chi connectivity index (χ0n) is 13.3. The van der Waals surface area contributed by atoms with Crippen molar-refractivity contribution in [2.24, 2.45) is 17.3 Å². The zero-order chi connectivity index (χ0) is 14.8. The molecule has 0 amide bonds. The van der Waals surface area contributed by atoms with Crippen LogP contribution in [0.3, 0.4) is 0 Å². The van der Waals surface area contributed by atoms with E-state index in [1.54, 1.807) is 0 Å². The van der Waals surface area contributed by atoms with E-state index in [1.807, 2.05) is 34.6 Å². The highest BCUT2D eigenvalue weighted by Crippen LogP contribution is 2.61. The lowest BCUT2D eigenvalue weighted by Crippen LogP contribution is -2.27. The Kier molecular flexibility index (Phi) is 5.02. The molecule has 1 rings (SSSR count). The van der Waals surface area contributed by atoms with Gasteiger partial charge in [0.05, 0.1) is 5.92 Å². The summed E-state index contributed by atoms with van der Waals surface area (Å²) in [6.45, 7) is 14.8. The fourth-order valence-electron chi connectivity index (χ4n) is 2.59. The maximum Gasteiger partial charge on any atom is 0.310 e. The van der Waals surface area contributed by atoms with Crippen LogP contribution in [-0.4, -0.2) is 31.1 Å². The maximum atomic E-state index is 12.2. The van der Waals surface area contributed by atoms with Gasteiger partial charge in [0, 0.05) is 19.1 Å². The second-order valence-electron chi connectivity index (χ2n) is 6.64. The molecule has 0 bridgehead atoms. The molecule has 0 radical (unpaired) electrons. The molecule has 0 heterocycles. The first-order valence-electron chi connectivity index (χ1n) is 7.11. The topological polar surface area (TPSA) is 44.8 Å². The summed E-state index contributed by atoms with van der Waals surface area (Å²) in [5, 5.41) is 0. The van der Waals surface area contributed by atoms with Crippen molar-refractivity contribution in [2.75, 3.05) is 13.2 Å². The van der Waals surface area contributed by atoms with E-state index in [4.69, 9.17) is 14.2 Å². The normalized spacial score (nSPS) is 25.5. The second kappa shape index (κ2) is 5.80. The SMILES string of the molecule is CCOC(OCC)C1C(C(=O)OC(C)(C)C)C1(C)C. The zero-order valence-corrected chi connectivity index (χ0v) is 13.3.